The highest BCUT2D eigenvalue weighted by atomic mass is 16.5. The van der Waals surface area contributed by atoms with Crippen LogP contribution in [0.2, 0.25) is 0 Å². The molecular weight excluding hydrogens is 292 g/mol. The normalized spacial score (nSPS) is 10.0. The highest BCUT2D eigenvalue weighted by Gasteiger charge is 2.12. The van der Waals surface area contributed by atoms with E-state index in [9.17, 15) is 9.59 Å². The van der Waals surface area contributed by atoms with Gasteiger partial charge in [0.15, 0.2) is 0 Å². The largest absolute Gasteiger partial charge is 0.493 e. The Morgan fingerprint density at radius 3 is 2.30 bits per heavy atom. The van der Waals surface area contributed by atoms with Crippen LogP contribution in [0.1, 0.15) is 34.6 Å². The lowest BCUT2D eigenvalue weighted by Gasteiger charge is -2.10. The Morgan fingerprint density at radius 1 is 0.957 bits per heavy atom. The van der Waals surface area contributed by atoms with Crippen molar-refractivity contribution in [2.75, 3.05) is 18.5 Å². The average molecular weight is 312 g/mol. The van der Waals surface area contributed by atoms with E-state index in [1.54, 1.807) is 42.5 Å². The van der Waals surface area contributed by atoms with Gasteiger partial charge in [-0.15, -0.1) is 0 Å². The lowest BCUT2D eigenvalue weighted by Crippen LogP contribution is -2.22. The average Bonchev–Trinajstić information content (AvgIpc) is 2.56. The van der Waals surface area contributed by atoms with E-state index in [1.165, 1.54) is 0 Å². The predicted octanol–water partition coefficient (Wildman–Crippen LogP) is 3.09. The summed E-state index contributed by atoms with van der Waals surface area (Å²) in [6.07, 6.45) is 0. The third-order valence-corrected chi connectivity index (χ3v) is 3.17. The first kappa shape index (κ1) is 16.5. The zero-order chi connectivity index (χ0) is 16.7. The van der Waals surface area contributed by atoms with Crippen LogP contribution in [0.4, 0.5) is 5.69 Å². The van der Waals surface area contributed by atoms with E-state index in [1.807, 2.05) is 19.9 Å². The summed E-state index contributed by atoms with van der Waals surface area (Å²) in [5, 5.41) is 5.53. The number of para-hydroxylation sites is 1. The van der Waals surface area contributed by atoms with Crippen LogP contribution in [0, 0.1) is 0 Å². The van der Waals surface area contributed by atoms with Gasteiger partial charge in [0.25, 0.3) is 11.8 Å². The molecule has 23 heavy (non-hydrogen) atoms. The van der Waals surface area contributed by atoms with Crippen molar-refractivity contribution < 1.29 is 14.3 Å². The molecule has 0 saturated carbocycles. The first-order chi connectivity index (χ1) is 11.2. The molecule has 2 N–H and O–H groups in total. The van der Waals surface area contributed by atoms with Crippen LogP contribution in [0.5, 0.6) is 5.75 Å². The molecular formula is C18H20N2O3. The van der Waals surface area contributed by atoms with Gasteiger partial charge < -0.3 is 15.4 Å². The number of hydrogen-bond donors (Lipinski definition) is 2. The molecule has 5 nitrogen and oxygen atoms in total. The van der Waals surface area contributed by atoms with E-state index >= 15 is 0 Å². The van der Waals surface area contributed by atoms with Crippen molar-refractivity contribution in [2.24, 2.45) is 0 Å². The second-order valence-corrected chi connectivity index (χ2v) is 4.82. The number of carbonyl (C=O) groups excluding carboxylic acids is 2. The van der Waals surface area contributed by atoms with Crippen LogP contribution in [0.3, 0.4) is 0 Å². The smallest absolute Gasteiger partial charge is 0.259 e. The molecule has 0 heterocycles. The number of amides is 2. The van der Waals surface area contributed by atoms with E-state index in [2.05, 4.69) is 10.6 Å². The topological polar surface area (TPSA) is 67.4 Å². The molecule has 0 fully saturated rings. The third-order valence-electron chi connectivity index (χ3n) is 3.17. The number of carbonyl (C=O) groups is 2. The number of anilines is 1. The molecule has 2 rings (SSSR count). The van der Waals surface area contributed by atoms with Gasteiger partial charge in [0.2, 0.25) is 0 Å². The molecule has 0 aromatic heterocycles. The molecule has 2 aromatic rings. The van der Waals surface area contributed by atoms with Gasteiger partial charge >= 0.3 is 0 Å². The van der Waals surface area contributed by atoms with E-state index in [-0.39, 0.29) is 11.8 Å². The summed E-state index contributed by atoms with van der Waals surface area (Å²) in [5.74, 6) is 0.165. The van der Waals surface area contributed by atoms with Gasteiger partial charge in [0.1, 0.15) is 5.75 Å². The number of ether oxygens (including phenoxy) is 1. The Labute approximate surface area is 135 Å². The minimum Gasteiger partial charge on any atom is -0.493 e. The first-order valence-electron chi connectivity index (χ1n) is 7.57. The quantitative estimate of drug-likeness (QED) is 0.861. The lowest BCUT2D eigenvalue weighted by molar-refractivity contribution is 0.0955. The van der Waals surface area contributed by atoms with Crippen molar-refractivity contribution in [3.8, 4) is 5.75 Å². The zero-order valence-corrected chi connectivity index (χ0v) is 13.3. The molecule has 0 aliphatic rings. The monoisotopic (exact) mass is 312 g/mol. The van der Waals surface area contributed by atoms with Gasteiger partial charge in [0, 0.05) is 17.8 Å². The van der Waals surface area contributed by atoms with Crippen molar-refractivity contribution in [3.05, 3.63) is 59.7 Å². The van der Waals surface area contributed by atoms with E-state index < -0.39 is 0 Å². The Morgan fingerprint density at radius 2 is 1.65 bits per heavy atom. The molecule has 0 spiro atoms. The van der Waals surface area contributed by atoms with E-state index in [0.29, 0.717) is 35.7 Å². The molecule has 0 unspecified atom stereocenters. The SMILES string of the molecule is CCNC(=O)c1ccc(NC(=O)c2ccccc2OCC)cc1. The van der Waals surface area contributed by atoms with Crippen molar-refractivity contribution >= 4 is 17.5 Å². The van der Waals surface area contributed by atoms with Crippen LogP contribution in [-0.2, 0) is 0 Å². The van der Waals surface area contributed by atoms with Crippen LogP contribution < -0.4 is 15.4 Å². The number of rotatable bonds is 6. The molecule has 0 aliphatic heterocycles. The minimum absolute atomic E-state index is 0.132. The molecule has 0 aliphatic carbocycles. The summed E-state index contributed by atoms with van der Waals surface area (Å²) in [6.45, 7) is 4.80. The third kappa shape index (κ3) is 4.32. The summed E-state index contributed by atoms with van der Waals surface area (Å²) in [6, 6.07) is 13.8. The molecule has 5 heteroatoms. The molecule has 2 aromatic carbocycles. The molecule has 0 atom stereocenters. The van der Waals surface area contributed by atoms with Gasteiger partial charge in [-0.1, -0.05) is 12.1 Å². The van der Waals surface area contributed by atoms with Crippen molar-refractivity contribution in [3.63, 3.8) is 0 Å². The molecule has 0 saturated heterocycles. The fourth-order valence-corrected chi connectivity index (χ4v) is 2.10. The highest BCUT2D eigenvalue weighted by Crippen LogP contribution is 2.20. The summed E-state index contributed by atoms with van der Waals surface area (Å²) in [7, 11) is 0. The summed E-state index contributed by atoms with van der Waals surface area (Å²) in [4.78, 5) is 24.1. The molecule has 0 bridgehead atoms. The van der Waals surface area contributed by atoms with Gasteiger partial charge in [-0.05, 0) is 50.2 Å². The Hall–Kier alpha value is -2.82. The Balaban J connectivity index is 2.10. The van der Waals surface area contributed by atoms with Gasteiger partial charge in [-0.3, -0.25) is 9.59 Å². The van der Waals surface area contributed by atoms with Gasteiger partial charge in [-0.2, -0.15) is 0 Å². The van der Waals surface area contributed by atoms with Crippen molar-refractivity contribution in [2.45, 2.75) is 13.8 Å². The zero-order valence-electron chi connectivity index (χ0n) is 13.3. The summed E-state index contributed by atoms with van der Waals surface area (Å²) in [5.41, 5.74) is 1.65. The van der Waals surface area contributed by atoms with Gasteiger partial charge in [-0.25, -0.2) is 0 Å². The van der Waals surface area contributed by atoms with Crippen LogP contribution in [0.15, 0.2) is 48.5 Å². The Bertz CT molecular complexity index is 681. The standard InChI is InChI=1S/C18H20N2O3/c1-3-19-17(21)13-9-11-14(12-10-13)20-18(22)15-7-5-6-8-16(15)23-4-2/h5-12H,3-4H2,1-2H3,(H,19,21)(H,20,22). The number of nitrogens with one attached hydrogen (secondary N) is 2. The van der Waals surface area contributed by atoms with Crippen molar-refractivity contribution in [1.82, 2.24) is 5.32 Å². The molecule has 0 radical (unpaired) electrons. The lowest BCUT2D eigenvalue weighted by atomic mass is 10.1. The maximum Gasteiger partial charge on any atom is 0.259 e. The minimum atomic E-state index is -0.250. The first-order valence-corrected chi connectivity index (χ1v) is 7.57. The Kier molecular flexibility index (Phi) is 5.74. The summed E-state index contributed by atoms with van der Waals surface area (Å²) < 4.78 is 5.46. The maximum absolute atomic E-state index is 12.4. The van der Waals surface area contributed by atoms with Crippen LogP contribution >= 0.6 is 0 Å². The van der Waals surface area contributed by atoms with Gasteiger partial charge in [0.05, 0.1) is 12.2 Å². The number of hydrogen-bond acceptors (Lipinski definition) is 3. The van der Waals surface area contributed by atoms with Crippen LogP contribution in [0.25, 0.3) is 0 Å². The predicted molar refractivity (Wildman–Crippen MR) is 90.0 cm³/mol. The number of benzene rings is 2. The maximum atomic E-state index is 12.4. The van der Waals surface area contributed by atoms with E-state index in [4.69, 9.17) is 4.74 Å². The van der Waals surface area contributed by atoms with Crippen molar-refractivity contribution in [1.29, 1.82) is 0 Å². The second kappa shape index (κ2) is 7.98. The molecule has 2 amide bonds. The second-order valence-electron chi connectivity index (χ2n) is 4.82. The summed E-state index contributed by atoms with van der Waals surface area (Å²) >= 11 is 0. The fraction of sp³-hybridized carbons (Fsp3) is 0.222. The fourth-order valence-electron chi connectivity index (χ4n) is 2.10. The molecule has 120 valence electrons. The van der Waals surface area contributed by atoms with E-state index in [0.717, 1.165) is 0 Å². The van der Waals surface area contributed by atoms with Crippen LogP contribution in [-0.4, -0.2) is 25.0 Å². The highest BCUT2D eigenvalue weighted by molar-refractivity contribution is 6.06.